The van der Waals surface area contributed by atoms with E-state index in [1.165, 1.54) is 0 Å². The summed E-state index contributed by atoms with van der Waals surface area (Å²) >= 11 is 0. The van der Waals surface area contributed by atoms with Crippen molar-refractivity contribution in [3.8, 4) is 0 Å². The first kappa shape index (κ1) is 10.8. The second kappa shape index (κ2) is 6.47. The minimum atomic E-state index is 0.310. The zero-order chi connectivity index (χ0) is 9.40. The van der Waals surface area contributed by atoms with Crippen LogP contribution in [-0.2, 0) is 0 Å². The molecule has 0 heterocycles. The number of hydrogen-bond acceptors (Lipinski definition) is 1. The monoisotopic (exact) mass is 163 g/mol. The van der Waals surface area contributed by atoms with Gasteiger partial charge in [0, 0.05) is 11.6 Å². The van der Waals surface area contributed by atoms with Crippen LogP contribution in [0.15, 0.2) is 48.7 Å². The van der Waals surface area contributed by atoms with Crippen molar-refractivity contribution in [2.75, 3.05) is 0 Å². The van der Waals surface area contributed by atoms with Crippen LogP contribution in [0.4, 0.5) is 0 Å². The molecule has 0 aliphatic heterocycles. The van der Waals surface area contributed by atoms with Crippen LogP contribution in [0.3, 0.4) is 0 Å². The van der Waals surface area contributed by atoms with Crippen molar-refractivity contribution >= 4 is 0 Å². The van der Waals surface area contributed by atoms with Crippen molar-refractivity contribution in [2.24, 2.45) is 11.7 Å². The second-order valence-electron chi connectivity index (χ2n) is 2.60. The number of hydrogen-bond donors (Lipinski definition) is 1. The molecular formula is C11H17N. The Bertz CT molecular complexity index is 209. The molecule has 0 aliphatic carbocycles. The highest BCUT2D eigenvalue weighted by Crippen LogP contribution is 2.05. The van der Waals surface area contributed by atoms with Crippen molar-refractivity contribution in [2.45, 2.75) is 13.8 Å². The first-order chi connectivity index (χ1) is 5.72. The zero-order valence-corrected chi connectivity index (χ0v) is 7.83. The minimum absolute atomic E-state index is 0.310. The molecule has 0 aliphatic rings. The molecule has 0 spiro atoms. The van der Waals surface area contributed by atoms with Crippen molar-refractivity contribution in [3.05, 3.63) is 48.7 Å². The van der Waals surface area contributed by atoms with E-state index in [1.54, 1.807) is 6.08 Å². The summed E-state index contributed by atoms with van der Waals surface area (Å²) in [5.74, 6) is 0.310. The van der Waals surface area contributed by atoms with E-state index in [0.29, 0.717) is 5.92 Å². The predicted molar refractivity (Wildman–Crippen MR) is 55.6 cm³/mol. The Labute approximate surface area is 75.0 Å². The molecule has 12 heavy (non-hydrogen) atoms. The third-order valence-electron chi connectivity index (χ3n) is 1.54. The van der Waals surface area contributed by atoms with E-state index in [4.69, 9.17) is 5.73 Å². The van der Waals surface area contributed by atoms with Gasteiger partial charge in [-0.2, -0.15) is 0 Å². The molecule has 0 bridgehead atoms. The van der Waals surface area contributed by atoms with E-state index < -0.39 is 0 Å². The minimum Gasteiger partial charge on any atom is -0.402 e. The van der Waals surface area contributed by atoms with Crippen LogP contribution < -0.4 is 5.73 Å². The Morgan fingerprint density at radius 1 is 1.42 bits per heavy atom. The van der Waals surface area contributed by atoms with Gasteiger partial charge in [-0.25, -0.2) is 0 Å². The summed E-state index contributed by atoms with van der Waals surface area (Å²) in [6, 6.07) is 0. The van der Waals surface area contributed by atoms with Gasteiger partial charge in [-0.1, -0.05) is 43.9 Å². The van der Waals surface area contributed by atoms with Crippen LogP contribution in [0.1, 0.15) is 13.8 Å². The van der Waals surface area contributed by atoms with Gasteiger partial charge in [-0.3, -0.25) is 0 Å². The number of rotatable bonds is 4. The summed E-state index contributed by atoms with van der Waals surface area (Å²) in [6.45, 7) is 7.62. The molecule has 0 saturated carbocycles. The molecule has 0 saturated heterocycles. The SMILES string of the molecule is C=C/C=C\C=C(\N)C(C)/C=C\C. The normalized spacial score (nSPS) is 15.7. The van der Waals surface area contributed by atoms with Crippen LogP contribution >= 0.6 is 0 Å². The van der Waals surface area contributed by atoms with Gasteiger partial charge in [0.2, 0.25) is 0 Å². The Kier molecular flexibility index (Phi) is 5.80. The first-order valence-electron chi connectivity index (χ1n) is 4.10. The highest BCUT2D eigenvalue weighted by Gasteiger charge is 1.96. The number of allylic oxidation sites excluding steroid dienone is 6. The summed E-state index contributed by atoms with van der Waals surface area (Å²) in [5.41, 5.74) is 6.64. The molecule has 1 atom stereocenters. The van der Waals surface area contributed by atoms with E-state index in [2.05, 4.69) is 19.6 Å². The van der Waals surface area contributed by atoms with Gasteiger partial charge in [0.1, 0.15) is 0 Å². The summed E-state index contributed by atoms with van der Waals surface area (Å²) in [7, 11) is 0. The van der Waals surface area contributed by atoms with Gasteiger partial charge in [-0.15, -0.1) is 0 Å². The van der Waals surface area contributed by atoms with Gasteiger partial charge in [-0.05, 0) is 13.0 Å². The topological polar surface area (TPSA) is 26.0 Å². The fourth-order valence-corrected chi connectivity index (χ4v) is 0.797. The molecule has 1 heteroatoms. The third kappa shape index (κ3) is 4.56. The van der Waals surface area contributed by atoms with Crippen molar-refractivity contribution in [3.63, 3.8) is 0 Å². The van der Waals surface area contributed by atoms with E-state index in [1.807, 2.05) is 31.2 Å². The van der Waals surface area contributed by atoms with E-state index in [0.717, 1.165) is 5.70 Å². The molecule has 1 unspecified atom stereocenters. The van der Waals surface area contributed by atoms with E-state index >= 15 is 0 Å². The average Bonchev–Trinajstić information content (AvgIpc) is 2.05. The Hall–Kier alpha value is -1.24. The fourth-order valence-electron chi connectivity index (χ4n) is 0.797. The van der Waals surface area contributed by atoms with Crippen molar-refractivity contribution in [1.82, 2.24) is 0 Å². The molecule has 66 valence electrons. The maximum Gasteiger partial charge on any atom is 0.0147 e. The molecule has 0 rings (SSSR count). The summed E-state index contributed by atoms with van der Waals surface area (Å²) in [4.78, 5) is 0. The molecule has 0 amide bonds. The molecule has 1 nitrogen and oxygen atoms in total. The largest absolute Gasteiger partial charge is 0.402 e. The quantitative estimate of drug-likeness (QED) is 0.500. The molecule has 0 aromatic carbocycles. The lowest BCUT2D eigenvalue weighted by Gasteiger charge is -2.04. The van der Waals surface area contributed by atoms with Crippen LogP contribution in [0, 0.1) is 5.92 Å². The Morgan fingerprint density at radius 2 is 2.08 bits per heavy atom. The smallest absolute Gasteiger partial charge is 0.0147 e. The Morgan fingerprint density at radius 3 is 2.58 bits per heavy atom. The Balaban J connectivity index is 4.16. The molecular weight excluding hydrogens is 146 g/mol. The van der Waals surface area contributed by atoms with Gasteiger partial charge < -0.3 is 5.73 Å². The predicted octanol–water partition coefficient (Wildman–Crippen LogP) is 2.78. The van der Waals surface area contributed by atoms with Crippen LogP contribution in [-0.4, -0.2) is 0 Å². The van der Waals surface area contributed by atoms with E-state index in [-0.39, 0.29) is 0 Å². The summed E-state index contributed by atoms with van der Waals surface area (Å²) < 4.78 is 0. The maximum absolute atomic E-state index is 5.77. The van der Waals surface area contributed by atoms with Gasteiger partial charge in [0.25, 0.3) is 0 Å². The van der Waals surface area contributed by atoms with Gasteiger partial charge in [0.05, 0.1) is 0 Å². The fraction of sp³-hybridized carbons (Fsp3) is 0.273. The lowest BCUT2D eigenvalue weighted by Crippen LogP contribution is -2.05. The van der Waals surface area contributed by atoms with Gasteiger partial charge in [0.15, 0.2) is 0 Å². The standard InChI is InChI=1S/C11H17N/c1-4-6-7-9-11(12)10(3)8-5-2/h4-10H,1,12H2,2-3H3/b7-6-,8-5-,11-9+. The maximum atomic E-state index is 5.77. The average molecular weight is 163 g/mol. The molecule has 0 aromatic rings. The summed E-state index contributed by atoms with van der Waals surface area (Å²) in [6.07, 6.45) is 11.4. The highest BCUT2D eigenvalue weighted by molar-refractivity contribution is 5.17. The molecule has 0 radical (unpaired) electrons. The van der Waals surface area contributed by atoms with Crippen LogP contribution in [0.5, 0.6) is 0 Å². The van der Waals surface area contributed by atoms with Crippen LogP contribution in [0.25, 0.3) is 0 Å². The molecule has 2 N–H and O–H groups in total. The summed E-state index contributed by atoms with van der Waals surface area (Å²) in [5, 5.41) is 0. The van der Waals surface area contributed by atoms with Crippen molar-refractivity contribution in [1.29, 1.82) is 0 Å². The van der Waals surface area contributed by atoms with Crippen LogP contribution in [0.2, 0.25) is 0 Å². The van der Waals surface area contributed by atoms with E-state index in [9.17, 15) is 0 Å². The van der Waals surface area contributed by atoms with Gasteiger partial charge >= 0.3 is 0 Å². The third-order valence-corrected chi connectivity index (χ3v) is 1.54. The lowest BCUT2D eigenvalue weighted by atomic mass is 10.1. The zero-order valence-electron chi connectivity index (χ0n) is 7.83. The first-order valence-corrected chi connectivity index (χ1v) is 4.10. The number of nitrogens with two attached hydrogens (primary N) is 1. The molecule has 0 fully saturated rings. The highest BCUT2D eigenvalue weighted by atomic mass is 14.6. The second-order valence-corrected chi connectivity index (χ2v) is 2.60. The lowest BCUT2D eigenvalue weighted by molar-refractivity contribution is 0.845. The van der Waals surface area contributed by atoms with Crippen molar-refractivity contribution < 1.29 is 0 Å². The molecule has 0 aromatic heterocycles.